The maximum atomic E-state index is 12.2. The highest BCUT2D eigenvalue weighted by Crippen LogP contribution is 2.40. The summed E-state index contributed by atoms with van der Waals surface area (Å²) in [6.45, 7) is 0. The number of hydrogen-bond donors (Lipinski definition) is 1. The molecule has 0 aliphatic carbocycles. The first-order valence-corrected chi connectivity index (χ1v) is 8.49. The van der Waals surface area contributed by atoms with E-state index in [2.05, 4.69) is 6.07 Å². The Kier molecular flexibility index (Phi) is 3.66. The van der Waals surface area contributed by atoms with E-state index in [9.17, 15) is 9.32 Å². The highest BCUT2D eigenvalue weighted by molar-refractivity contribution is 7.86. The van der Waals surface area contributed by atoms with Gasteiger partial charge in [-0.2, -0.15) is 5.26 Å². The van der Waals surface area contributed by atoms with E-state index in [1.165, 1.54) is 0 Å². The van der Waals surface area contributed by atoms with Gasteiger partial charge in [0.15, 0.2) is 0 Å². The van der Waals surface area contributed by atoms with Gasteiger partial charge < -0.3 is 5.11 Å². The van der Waals surface area contributed by atoms with Crippen LogP contribution in [0.1, 0.15) is 43.2 Å². The van der Waals surface area contributed by atoms with Gasteiger partial charge in [-0.1, -0.05) is 24.6 Å². The summed E-state index contributed by atoms with van der Waals surface area (Å²) < 4.78 is 12.2. The Balaban J connectivity index is 1.83. The first-order valence-electron chi connectivity index (χ1n) is 7.21. The SMILES string of the molecule is N#Cc1ccccc1CC1(O)CC2CCCC(C1)S2=O. The average molecular weight is 289 g/mol. The summed E-state index contributed by atoms with van der Waals surface area (Å²) in [4.78, 5) is 0. The van der Waals surface area contributed by atoms with Gasteiger partial charge in [-0.3, -0.25) is 4.21 Å². The molecule has 1 aromatic rings. The van der Waals surface area contributed by atoms with E-state index in [0.29, 0.717) is 24.8 Å². The van der Waals surface area contributed by atoms with Gasteiger partial charge >= 0.3 is 0 Å². The van der Waals surface area contributed by atoms with E-state index in [4.69, 9.17) is 5.26 Å². The van der Waals surface area contributed by atoms with Gasteiger partial charge in [-0.05, 0) is 37.3 Å². The topological polar surface area (TPSA) is 61.1 Å². The van der Waals surface area contributed by atoms with E-state index in [1.54, 1.807) is 6.07 Å². The fraction of sp³-hybridized carbons (Fsp3) is 0.562. The number of rotatable bonds is 2. The summed E-state index contributed by atoms with van der Waals surface area (Å²) in [7, 11) is -0.773. The van der Waals surface area contributed by atoms with Crippen LogP contribution in [0, 0.1) is 11.3 Å². The Labute approximate surface area is 122 Å². The summed E-state index contributed by atoms with van der Waals surface area (Å²) in [5.41, 5.74) is 0.748. The van der Waals surface area contributed by atoms with Gasteiger partial charge in [-0.15, -0.1) is 0 Å². The number of fused-ring (bicyclic) bond motifs is 2. The standard InChI is InChI=1S/C16H19NO2S/c17-11-13-5-2-1-4-12(13)8-16(18)9-14-6-3-7-15(10-16)20(14)19/h1-2,4-5,14-15,18H,3,6-10H2. The molecule has 2 fully saturated rings. The van der Waals surface area contributed by atoms with Crippen LogP contribution in [0.15, 0.2) is 24.3 Å². The molecule has 106 valence electrons. The van der Waals surface area contributed by atoms with Gasteiger partial charge in [0, 0.05) is 27.7 Å². The van der Waals surface area contributed by atoms with Crippen molar-refractivity contribution >= 4 is 10.8 Å². The molecule has 4 heteroatoms. The number of benzene rings is 1. The van der Waals surface area contributed by atoms with Crippen molar-refractivity contribution < 1.29 is 9.32 Å². The number of nitriles is 1. The zero-order valence-corrected chi connectivity index (χ0v) is 12.2. The summed E-state index contributed by atoms with van der Waals surface area (Å²) in [6, 6.07) is 9.65. The Morgan fingerprint density at radius 1 is 1.30 bits per heavy atom. The molecule has 0 saturated carbocycles. The average Bonchev–Trinajstić information content (AvgIpc) is 2.41. The van der Waals surface area contributed by atoms with Crippen molar-refractivity contribution in [3.8, 4) is 6.07 Å². The van der Waals surface area contributed by atoms with Crippen LogP contribution in [-0.2, 0) is 17.2 Å². The van der Waals surface area contributed by atoms with Crippen LogP contribution in [0.3, 0.4) is 0 Å². The van der Waals surface area contributed by atoms with Gasteiger partial charge in [0.1, 0.15) is 0 Å². The first kappa shape index (κ1) is 13.8. The van der Waals surface area contributed by atoms with Crippen molar-refractivity contribution in [1.29, 1.82) is 5.26 Å². The zero-order chi connectivity index (χ0) is 14.2. The lowest BCUT2D eigenvalue weighted by Crippen LogP contribution is -2.50. The Morgan fingerprint density at radius 2 is 1.95 bits per heavy atom. The third-order valence-electron chi connectivity index (χ3n) is 4.58. The van der Waals surface area contributed by atoms with Crippen LogP contribution in [-0.4, -0.2) is 25.4 Å². The molecule has 1 aromatic carbocycles. The van der Waals surface area contributed by atoms with Crippen LogP contribution < -0.4 is 0 Å². The van der Waals surface area contributed by atoms with E-state index in [-0.39, 0.29) is 10.5 Å². The molecule has 1 N–H and O–H groups in total. The van der Waals surface area contributed by atoms with E-state index in [0.717, 1.165) is 24.8 Å². The molecule has 3 nitrogen and oxygen atoms in total. The number of aliphatic hydroxyl groups is 1. The van der Waals surface area contributed by atoms with E-state index < -0.39 is 16.4 Å². The maximum absolute atomic E-state index is 12.2. The first-order chi connectivity index (χ1) is 9.61. The quantitative estimate of drug-likeness (QED) is 0.908. The number of nitrogens with zero attached hydrogens (tertiary/aromatic N) is 1. The van der Waals surface area contributed by atoms with Crippen LogP contribution >= 0.6 is 0 Å². The molecule has 2 saturated heterocycles. The Bertz CT molecular complexity index is 562. The van der Waals surface area contributed by atoms with Crippen LogP contribution in [0.2, 0.25) is 0 Å². The molecular weight excluding hydrogens is 270 g/mol. The van der Waals surface area contributed by atoms with Crippen LogP contribution in [0.25, 0.3) is 0 Å². The molecular formula is C16H19NO2S. The second-order valence-corrected chi connectivity index (χ2v) is 8.07. The van der Waals surface area contributed by atoms with E-state index in [1.807, 2.05) is 18.2 Å². The van der Waals surface area contributed by atoms with E-state index >= 15 is 0 Å². The molecule has 2 unspecified atom stereocenters. The number of hydrogen-bond acceptors (Lipinski definition) is 3. The van der Waals surface area contributed by atoms with Crippen molar-refractivity contribution in [2.75, 3.05) is 0 Å². The lowest BCUT2D eigenvalue weighted by Gasteiger charge is -2.43. The zero-order valence-electron chi connectivity index (χ0n) is 11.4. The molecule has 0 radical (unpaired) electrons. The Hall–Kier alpha value is -1.18. The molecule has 2 aliphatic heterocycles. The fourth-order valence-corrected chi connectivity index (χ4v) is 5.95. The molecule has 2 bridgehead atoms. The van der Waals surface area contributed by atoms with Crippen molar-refractivity contribution in [3.05, 3.63) is 35.4 Å². The normalized spacial score (nSPS) is 36.3. The predicted molar refractivity (Wildman–Crippen MR) is 78.6 cm³/mol. The van der Waals surface area contributed by atoms with Crippen molar-refractivity contribution in [2.45, 2.75) is 54.6 Å². The molecule has 0 amide bonds. The minimum absolute atomic E-state index is 0.141. The summed E-state index contributed by atoms with van der Waals surface area (Å²) >= 11 is 0. The highest BCUT2D eigenvalue weighted by atomic mass is 32.2. The molecule has 2 atom stereocenters. The smallest absolute Gasteiger partial charge is 0.0994 e. The fourth-order valence-electron chi connectivity index (χ4n) is 3.66. The van der Waals surface area contributed by atoms with Crippen molar-refractivity contribution in [3.63, 3.8) is 0 Å². The van der Waals surface area contributed by atoms with Crippen molar-refractivity contribution in [2.24, 2.45) is 0 Å². The molecule has 2 aliphatic rings. The monoisotopic (exact) mass is 289 g/mol. The molecule has 0 aromatic heterocycles. The second kappa shape index (κ2) is 5.31. The lowest BCUT2D eigenvalue weighted by molar-refractivity contribution is 0.0114. The van der Waals surface area contributed by atoms with Crippen molar-refractivity contribution in [1.82, 2.24) is 0 Å². The van der Waals surface area contributed by atoms with Crippen LogP contribution in [0.4, 0.5) is 0 Å². The summed E-state index contributed by atoms with van der Waals surface area (Å²) in [6.07, 6.45) is 4.77. The molecule has 3 rings (SSSR count). The molecule has 20 heavy (non-hydrogen) atoms. The van der Waals surface area contributed by atoms with Crippen LogP contribution in [0.5, 0.6) is 0 Å². The minimum Gasteiger partial charge on any atom is -0.389 e. The Morgan fingerprint density at radius 3 is 2.60 bits per heavy atom. The highest BCUT2D eigenvalue weighted by Gasteiger charge is 2.45. The predicted octanol–water partition coefficient (Wildman–Crippen LogP) is 2.30. The molecule has 0 spiro atoms. The summed E-state index contributed by atoms with van der Waals surface area (Å²) in [5, 5.41) is 20.4. The summed E-state index contributed by atoms with van der Waals surface area (Å²) in [5.74, 6) is 0. The maximum Gasteiger partial charge on any atom is 0.0994 e. The third-order valence-corrected chi connectivity index (χ3v) is 6.70. The van der Waals surface area contributed by atoms with Gasteiger partial charge in [0.05, 0.1) is 17.2 Å². The van der Waals surface area contributed by atoms with Gasteiger partial charge in [0.25, 0.3) is 0 Å². The molecule has 2 heterocycles. The van der Waals surface area contributed by atoms with Gasteiger partial charge in [-0.25, -0.2) is 0 Å². The van der Waals surface area contributed by atoms with Gasteiger partial charge in [0.2, 0.25) is 0 Å². The lowest BCUT2D eigenvalue weighted by atomic mass is 9.80. The second-order valence-electron chi connectivity index (χ2n) is 6.08. The largest absolute Gasteiger partial charge is 0.389 e. The minimum atomic E-state index is -0.795. The third kappa shape index (κ3) is 2.53.